The van der Waals surface area contributed by atoms with Crippen molar-refractivity contribution in [1.29, 1.82) is 0 Å². The fraction of sp³-hybridized carbons (Fsp3) is 0.0476. The number of oxazole rings is 1. The van der Waals surface area contributed by atoms with Crippen LogP contribution >= 0.6 is 39.1 Å². The van der Waals surface area contributed by atoms with Crippen LogP contribution in [0.4, 0.5) is 5.69 Å². The third-order valence-electron chi connectivity index (χ3n) is 4.10. The maximum atomic E-state index is 6.20. The quantitative estimate of drug-likeness (QED) is 0.290. The molecular weight excluding hydrogens is 463 g/mol. The largest absolute Gasteiger partial charge is 0.496 e. The molecule has 3 aromatic carbocycles. The van der Waals surface area contributed by atoms with Crippen LogP contribution in [0.3, 0.4) is 0 Å². The van der Waals surface area contributed by atoms with E-state index >= 15 is 0 Å². The zero-order valence-electron chi connectivity index (χ0n) is 14.6. The summed E-state index contributed by atoms with van der Waals surface area (Å²) in [5.41, 5.74) is 3.73. The van der Waals surface area contributed by atoms with Crippen LogP contribution in [0.25, 0.3) is 22.6 Å². The van der Waals surface area contributed by atoms with Crippen molar-refractivity contribution in [2.45, 2.75) is 0 Å². The van der Waals surface area contributed by atoms with E-state index in [1.54, 1.807) is 19.4 Å². The van der Waals surface area contributed by atoms with Gasteiger partial charge in [-0.25, -0.2) is 4.98 Å². The molecule has 0 amide bonds. The Bertz CT molecular complexity index is 1200. The van der Waals surface area contributed by atoms with Crippen LogP contribution in [0.15, 0.2) is 68.5 Å². The molecule has 0 radical (unpaired) electrons. The Morgan fingerprint density at radius 1 is 1.11 bits per heavy atom. The second kappa shape index (κ2) is 7.95. The fourth-order valence-electron chi connectivity index (χ4n) is 2.68. The SMILES string of the molecule is COc1ccc(-c2nc3cc(N=Cc4cccc(Cl)c4Cl)ccc3o2)cc1Br. The summed E-state index contributed by atoms with van der Waals surface area (Å²) in [6.07, 6.45) is 1.68. The van der Waals surface area contributed by atoms with E-state index in [4.69, 9.17) is 32.4 Å². The Balaban J connectivity index is 1.66. The molecular formula is C21H13BrCl2N2O2. The summed E-state index contributed by atoms with van der Waals surface area (Å²) in [5, 5.41) is 0.968. The summed E-state index contributed by atoms with van der Waals surface area (Å²) in [4.78, 5) is 9.05. The average Bonchev–Trinajstić information content (AvgIpc) is 3.12. The average molecular weight is 476 g/mol. The molecule has 0 aliphatic heterocycles. The summed E-state index contributed by atoms with van der Waals surface area (Å²) in [6, 6.07) is 16.6. The number of fused-ring (bicyclic) bond motifs is 1. The van der Waals surface area contributed by atoms with Crippen LogP contribution in [0.5, 0.6) is 5.75 Å². The molecule has 28 heavy (non-hydrogen) atoms. The molecule has 0 aliphatic carbocycles. The maximum absolute atomic E-state index is 6.20. The smallest absolute Gasteiger partial charge is 0.227 e. The molecule has 0 unspecified atom stereocenters. The van der Waals surface area contributed by atoms with Gasteiger partial charge >= 0.3 is 0 Å². The van der Waals surface area contributed by atoms with Gasteiger partial charge in [-0.3, -0.25) is 4.99 Å². The van der Waals surface area contributed by atoms with E-state index in [0.29, 0.717) is 27.0 Å². The van der Waals surface area contributed by atoms with Crippen LogP contribution < -0.4 is 4.74 Å². The summed E-state index contributed by atoms with van der Waals surface area (Å²) in [6.45, 7) is 0. The van der Waals surface area contributed by atoms with Gasteiger partial charge in [-0.05, 0) is 58.4 Å². The molecule has 0 bridgehead atoms. The molecule has 4 nitrogen and oxygen atoms in total. The van der Waals surface area contributed by atoms with E-state index in [1.165, 1.54) is 0 Å². The first kappa shape index (κ1) is 19.0. The Morgan fingerprint density at radius 3 is 2.75 bits per heavy atom. The number of aromatic nitrogens is 1. The molecule has 0 spiro atoms. The lowest BCUT2D eigenvalue weighted by molar-refractivity contribution is 0.412. The zero-order valence-corrected chi connectivity index (χ0v) is 17.7. The molecule has 4 aromatic rings. The van der Waals surface area contributed by atoms with Crippen molar-refractivity contribution in [3.63, 3.8) is 0 Å². The van der Waals surface area contributed by atoms with Gasteiger partial charge in [0.05, 0.1) is 27.3 Å². The van der Waals surface area contributed by atoms with Crippen molar-refractivity contribution in [1.82, 2.24) is 4.98 Å². The van der Waals surface area contributed by atoms with Crippen LogP contribution in [-0.4, -0.2) is 18.3 Å². The summed E-state index contributed by atoms with van der Waals surface area (Å²) in [7, 11) is 1.62. The van der Waals surface area contributed by atoms with Crippen LogP contribution in [0.1, 0.15) is 5.56 Å². The molecule has 0 atom stereocenters. The van der Waals surface area contributed by atoms with E-state index in [9.17, 15) is 0 Å². The molecule has 4 rings (SSSR count). The Kier molecular flexibility index (Phi) is 5.40. The molecule has 7 heteroatoms. The van der Waals surface area contributed by atoms with E-state index < -0.39 is 0 Å². The summed E-state index contributed by atoms with van der Waals surface area (Å²) >= 11 is 15.7. The van der Waals surface area contributed by atoms with Gasteiger partial charge in [0.25, 0.3) is 0 Å². The number of ether oxygens (including phenoxy) is 1. The van der Waals surface area contributed by atoms with Crippen LogP contribution in [0.2, 0.25) is 10.0 Å². The number of hydrogen-bond donors (Lipinski definition) is 0. The van der Waals surface area contributed by atoms with Gasteiger partial charge in [0, 0.05) is 17.3 Å². The maximum Gasteiger partial charge on any atom is 0.227 e. The number of methoxy groups -OCH3 is 1. The highest BCUT2D eigenvalue weighted by atomic mass is 79.9. The van der Waals surface area contributed by atoms with Crippen LogP contribution in [0, 0.1) is 0 Å². The monoisotopic (exact) mass is 474 g/mol. The van der Waals surface area contributed by atoms with Crippen molar-refractivity contribution >= 4 is 62.1 Å². The first-order valence-electron chi connectivity index (χ1n) is 8.28. The zero-order chi connectivity index (χ0) is 19.7. The number of halogens is 3. The van der Waals surface area contributed by atoms with Gasteiger partial charge in [0.1, 0.15) is 11.3 Å². The topological polar surface area (TPSA) is 47.6 Å². The normalized spacial score (nSPS) is 11.4. The lowest BCUT2D eigenvalue weighted by Gasteiger charge is -2.03. The molecule has 0 aliphatic rings. The molecule has 140 valence electrons. The highest BCUT2D eigenvalue weighted by molar-refractivity contribution is 9.10. The first-order valence-corrected chi connectivity index (χ1v) is 9.82. The van der Waals surface area contributed by atoms with E-state index in [0.717, 1.165) is 27.0 Å². The third kappa shape index (κ3) is 3.78. The summed E-state index contributed by atoms with van der Waals surface area (Å²) < 4.78 is 12.0. The molecule has 0 saturated carbocycles. The predicted molar refractivity (Wildman–Crippen MR) is 117 cm³/mol. The lowest BCUT2D eigenvalue weighted by Crippen LogP contribution is -1.85. The Morgan fingerprint density at radius 2 is 1.96 bits per heavy atom. The number of hydrogen-bond acceptors (Lipinski definition) is 4. The number of benzene rings is 3. The van der Waals surface area contributed by atoms with E-state index in [2.05, 4.69) is 25.9 Å². The second-order valence-electron chi connectivity index (χ2n) is 5.92. The van der Waals surface area contributed by atoms with Crippen molar-refractivity contribution in [3.05, 3.63) is 74.7 Å². The Labute approximate surface area is 179 Å². The third-order valence-corrected chi connectivity index (χ3v) is 5.56. The molecule has 1 heterocycles. The van der Waals surface area contributed by atoms with Gasteiger partial charge in [-0.2, -0.15) is 0 Å². The van der Waals surface area contributed by atoms with E-state index in [1.807, 2.05) is 48.5 Å². The molecule has 0 saturated heterocycles. The van der Waals surface area contributed by atoms with Gasteiger partial charge in [-0.1, -0.05) is 35.3 Å². The van der Waals surface area contributed by atoms with Gasteiger partial charge in [0.2, 0.25) is 5.89 Å². The molecule has 1 aromatic heterocycles. The van der Waals surface area contributed by atoms with Crippen molar-refractivity contribution < 1.29 is 9.15 Å². The number of nitrogens with zero attached hydrogens (tertiary/aromatic N) is 2. The van der Waals surface area contributed by atoms with Crippen molar-refractivity contribution in [2.75, 3.05) is 7.11 Å². The van der Waals surface area contributed by atoms with E-state index in [-0.39, 0.29) is 0 Å². The number of rotatable bonds is 4. The van der Waals surface area contributed by atoms with Crippen LogP contribution in [-0.2, 0) is 0 Å². The first-order chi connectivity index (χ1) is 13.5. The van der Waals surface area contributed by atoms with Crippen molar-refractivity contribution in [3.8, 4) is 17.2 Å². The van der Waals surface area contributed by atoms with Crippen molar-refractivity contribution in [2.24, 2.45) is 4.99 Å². The minimum Gasteiger partial charge on any atom is -0.496 e. The highest BCUT2D eigenvalue weighted by Crippen LogP contribution is 2.32. The van der Waals surface area contributed by atoms with Gasteiger partial charge in [0.15, 0.2) is 5.58 Å². The minimum absolute atomic E-state index is 0.475. The fourth-order valence-corrected chi connectivity index (χ4v) is 3.58. The van der Waals surface area contributed by atoms with Gasteiger partial charge in [-0.15, -0.1) is 0 Å². The second-order valence-corrected chi connectivity index (χ2v) is 7.56. The summed E-state index contributed by atoms with van der Waals surface area (Å²) in [5.74, 6) is 1.27. The Hall–Kier alpha value is -2.34. The minimum atomic E-state index is 0.475. The molecule has 0 fully saturated rings. The number of aliphatic imine (C=N–C) groups is 1. The highest BCUT2D eigenvalue weighted by Gasteiger charge is 2.11. The molecule has 0 N–H and O–H groups in total. The van der Waals surface area contributed by atoms with Gasteiger partial charge < -0.3 is 9.15 Å². The standard InChI is InChI=1S/C21H13BrCl2N2O2/c1-27-18-7-5-12(9-15(18)22)21-26-17-10-14(6-8-19(17)28-21)25-11-13-3-2-4-16(23)20(13)24/h2-11H,1H3. The predicted octanol–water partition coefficient (Wildman–Crippen LogP) is 7.32. The lowest BCUT2D eigenvalue weighted by atomic mass is 10.2.